The van der Waals surface area contributed by atoms with Crippen LogP contribution in [0.4, 0.5) is 11.7 Å². The van der Waals surface area contributed by atoms with Gasteiger partial charge in [0.25, 0.3) is 5.91 Å². The van der Waals surface area contributed by atoms with E-state index in [-0.39, 0.29) is 11.9 Å². The number of hydrogen-bond acceptors (Lipinski definition) is 5. The van der Waals surface area contributed by atoms with Crippen molar-refractivity contribution in [3.05, 3.63) is 52.0 Å². The lowest BCUT2D eigenvalue weighted by Crippen LogP contribution is -2.07. The van der Waals surface area contributed by atoms with Crippen molar-refractivity contribution < 1.29 is 18.7 Å². The highest BCUT2D eigenvalue weighted by atomic mass is 35.5. The lowest BCUT2D eigenvalue weighted by atomic mass is 10.2. The lowest BCUT2D eigenvalue weighted by Gasteiger charge is -2.07. The van der Waals surface area contributed by atoms with Gasteiger partial charge in [-0.2, -0.15) is 4.98 Å². The number of anilines is 2. The summed E-state index contributed by atoms with van der Waals surface area (Å²) in [4.78, 5) is 27.5. The number of oxazole rings is 1. The Labute approximate surface area is 170 Å². The summed E-state index contributed by atoms with van der Waals surface area (Å²) in [6.45, 7) is 1.41. The summed E-state index contributed by atoms with van der Waals surface area (Å²) in [7, 11) is 1.47. The molecule has 0 saturated carbocycles. The van der Waals surface area contributed by atoms with Crippen molar-refractivity contribution in [1.82, 2.24) is 4.98 Å². The molecule has 3 rings (SSSR count). The van der Waals surface area contributed by atoms with E-state index in [0.29, 0.717) is 38.1 Å². The highest BCUT2D eigenvalue weighted by Gasteiger charge is 2.11. The molecule has 0 atom stereocenters. The number of methoxy groups -OCH3 is 1. The first-order valence-corrected chi connectivity index (χ1v) is 8.81. The van der Waals surface area contributed by atoms with E-state index in [2.05, 4.69) is 15.6 Å². The van der Waals surface area contributed by atoms with E-state index in [1.54, 1.807) is 30.3 Å². The average Bonchev–Trinajstić information content (AvgIpc) is 3.00. The molecule has 0 spiro atoms. The minimum Gasteiger partial charge on any atom is -0.495 e. The third kappa shape index (κ3) is 4.62. The number of amides is 2. The predicted molar refractivity (Wildman–Crippen MR) is 109 cm³/mol. The number of carbonyl (C=O) groups is 2. The summed E-state index contributed by atoms with van der Waals surface area (Å²) < 4.78 is 10.7. The van der Waals surface area contributed by atoms with E-state index in [0.717, 1.165) is 0 Å². The second-order valence-electron chi connectivity index (χ2n) is 5.72. The highest BCUT2D eigenvalue weighted by molar-refractivity contribution is 6.36. The molecule has 0 radical (unpaired) electrons. The van der Waals surface area contributed by atoms with Crippen molar-refractivity contribution in [3.63, 3.8) is 0 Å². The minimum atomic E-state index is -0.466. The number of ether oxygens (including phenoxy) is 1. The van der Waals surface area contributed by atoms with E-state index in [1.807, 2.05) is 0 Å². The van der Waals surface area contributed by atoms with Crippen molar-refractivity contribution in [2.45, 2.75) is 6.92 Å². The summed E-state index contributed by atoms with van der Waals surface area (Å²) in [6, 6.07) is 8.18. The van der Waals surface area contributed by atoms with Crippen molar-refractivity contribution in [3.8, 4) is 5.75 Å². The van der Waals surface area contributed by atoms with Crippen LogP contribution >= 0.6 is 23.2 Å². The van der Waals surface area contributed by atoms with Gasteiger partial charge in [-0.3, -0.25) is 14.9 Å². The Balaban J connectivity index is 1.76. The molecule has 144 valence electrons. The number of rotatable bonds is 5. The first kappa shape index (κ1) is 19.7. The van der Waals surface area contributed by atoms with Gasteiger partial charge in [0.2, 0.25) is 5.91 Å². The molecule has 2 N–H and O–H groups in total. The summed E-state index contributed by atoms with van der Waals surface area (Å²) in [5.41, 5.74) is 2.08. The monoisotopic (exact) mass is 419 g/mol. The maximum absolute atomic E-state index is 12.2. The first-order chi connectivity index (χ1) is 13.4. The van der Waals surface area contributed by atoms with Gasteiger partial charge in [-0.25, -0.2) is 0 Å². The Bertz CT molecular complexity index is 1090. The molecule has 0 bridgehead atoms. The Morgan fingerprint density at radius 2 is 1.96 bits per heavy atom. The molecule has 0 unspecified atom stereocenters. The molecular weight excluding hydrogens is 405 g/mol. The quantitative estimate of drug-likeness (QED) is 0.581. The van der Waals surface area contributed by atoms with Gasteiger partial charge in [-0.15, -0.1) is 0 Å². The Morgan fingerprint density at radius 3 is 2.68 bits per heavy atom. The van der Waals surface area contributed by atoms with Crippen LogP contribution in [-0.4, -0.2) is 23.9 Å². The maximum atomic E-state index is 12.2. The van der Waals surface area contributed by atoms with Crippen LogP contribution in [0, 0.1) is 0 Å². The fraction of sp³-hybridized carbons (Fsp3) is 0.105. The maximum Gasteiger partial charge on any atom is 0.302 e. The zero-order valence-corrected chi connectivity index (χ0v) is 16.4. The fourth-order valence-electron chi connectivity index (χ4n) is 2.49. The molecule has 1 heterocycles. The van der Waals surface area contributed by atoms with Gasteiger partial charge in [-0.1, -0.05) is 23.2 Å². The molecule has 3 aromatic rings. The molecule has 0 fully saturated rings. The average molecular weight is 420 g/mol. The Kier molecular flexibility index (Phi) is 5.87. The number of fused-ring (bicyclic) bond motifs is 1. The number of benzene rings is 2. The number of carbonyl (C=O) groups excluding carboxylic acids is 2. The smallest absolute Gasteiger partial charge is 0.302 e. The summed E-state index contributed by atoms with van der Waals surface area (Å²) in [6.07, 6.45) is 2.80. The normalized spacial score (nSPS) is 11.0. The number of nitrogens with zero attached hydrogens (tertiary/aromatic N) is 1. The molecule has 0 aliphatic heterocycles. The second-order valence-corrected chi connectivity index (χ2v) is 6.56. The minimum absolute atomic E-state index is 0.0284. The lowest BCUT2D eigenvalue weighted by molar-refractivity contribution is -0.114. The van der Waals surface area contributed by atoms with Crippen LogP contribution in [0.2, 0.25) is 10.0 Å². The van der Waals surface area contributed by atoms with Crippen LogP contribution < -0.4 is 15.4 Å². The van der Waals surface area contributed by atoms with Crippen LogP contribution in [0.25, 0.3) is 17.2 Å². The topological polar surface area (TPSA) is 93.5 Å². The third-order valence-electron chi connectivity index (χ3n) is 3.59. The molecule has 28 heavy (non-hydrogen) atoms. The van der Waals surface area contributed by atoms with Gasteiger partial charge in [-0.05, 0) is 30.3 Å². The summed E-state index contributed by atoms with van der Waals surface area (Å²) in [5, 5.41) is 5.93. The van der Waals surface area contributed by atoms with Crippen molar-refractivity contribution in [2.75, 3.05) is 17.7 Å². The molecule has 0 aliphatic rings. The van der Waals surface area contributed by atoms with Crippen molar-refractivity contribution >= 4 is 63.9 Å². The molecular formula is C19H15Cl2N3O4. The summed E-state index contributed by atoms with van der Waals surface area (Å²) >= 11 is 12.1. The molecule has 9 heteroatoms. The number of aromatic nitrogens is 1. The van der Waals surface area contributed by atoms with Gasteiger partial charge >= 0.3 is 6.01 Å². The van der Waals surface area contributed by atoms with Crippen LogP contribution in [0.3, 0.4) is 0 Å². The van der Waals surface area contributed by atoms with E-state index in [9.17, 15) is 9.59 Å². The SMILES string of the molecule is COc1c(Cl)cc(Cl)cc1/C=C/C(=O)Nc1nc2ccc(NC(C)=O)cc2o1. The van der Waals surface area contributed by atoms with Gasteiger partial charge in [0.05, 0.1) is 12.1 Å². The Morgan fingerprint density at radius 1 is 1.18 bits per heavy atom. The standard InChI is InChI=1S/C19H15Cl2N3O4/c1-10(25)22-13-4-5-15-16(9-13)28-19(23-15)24-17(26)6-3-11-7-12(20)8-14(21)18(11)27-2/h3-9H,1-2H3,(H,22,25)(H,23,24,26)/b6-3+. The van der Waals surface area contributed by atoms with Crippen molar-refractivity contribution in [2.24, 2.45) is 0 Å². The number of hydrogen-bond donors (Lipinski definition) is 2. The fourth-order valence-corrected chi connectivity index (χ4v) is 3.08. The number of nitrogens with one attached hydrogen (secondary N) is 2. The van der Waals surface area contributed by atoms with Crippen molar-refractivity contribution in [1.29, 1.82) is 0 Å². The third-order valence-corrected chi connectivity index (χ3v) is 4.09. The Hall–Kier alpha value is -3.03. The van der Waals surface area contributed by atoms with E-state index < -0.39 is 5.91 Å². The van der Waals surface area contributed by atoms with Gasteiger partial charge < -0.3 is 14.5 Å². The highest BCUT2D eigenvalue weighted by Crippen LogP contribution is 2.33. The largest absolute Gasteiger partial charge is 0.495 e. The summed E-state index contributed by atoms with van der Waals surface area (Å²) in [5.74, 6) is -0.261. The zero-order chi connectivity index (χ0) is 20.3. The molecule has 2 aromatic carbocycles. The molecule has 7 nitrogen and oxygen atoms in total. The van der Waals surface area contributed by atoms with Crippen LogP contribution in [0.5, 0.6) is 5.75 Å². The van der Waals surface area contributed by atoms with Gasteiger partial charge in [0.1, 0.15) is 11.3 Å². The molecule has 2 amide bonds. The van der Waals surface area contributed by atoms with Crippen LogP contribution in [-0.2, 0) is 9.59 Å². The zero-order valence-electron chi connectivity index (χ0n) is 14.9. The molecule has 0 aliphatic carbocycles. The van der Waals surface area contributed by atoms with E-state index >= 15 is 0 Å². The molecule has 0 saturated heterocycles. The van der Waals surface area contributed by atoms with Gasteiger partial charge in [0, 0.05) is 35.3 Å². The molecule has 1 aromatic heterocycles. The predicted octanol–water partition coefficient (Wildman–Crippen LogP) is 4.75. The van der Waals surface area contributed by atoms with E-state index in [1.165, 1.54) is 26.2 Å². The number of halogens is 2. The first-order valence-electron chi connectivity index (χ1n) is 8.06. The van der Waals surface area contributed by atoms with Crippen LogP contribution in [0.1, 0.15) is 12.5 Å². The van der Waals surface area contributed by atoms with Gasteiger partial charge in [0.15, 0.2) is 5.58 Å². The second kappa shape index (κ2) is 8.33. The van der Waals surface area contributed by atoms with Crippen LogP contribution in [0.15, 0.2) is 40.8 Å². The van der Waals surface area contributed by atoms with E-state index in [4.69, 9.17) is 32.4 Å².